The fraction of sp³-hybridized carbons (Fsp3) is 1.00. The zero-order valence-electron chi connectivity index (χ0n) is 45.9. The molecule has 63 heavy (non-hydrogen) atoms. The van der Waals surface area contributed by atoms with Crippen molar-refractivity contribution in [3.63, 3.8) is 0 Å². The molecule has 0 aromatic carbocycles. The van der Waals surface area contributed by atoms with Gasteiger partial charge in [-0.2, -0.15) is 0 Å². The molecule has 8 nitrogen and oxygen atoms in total. The third-order valence-electron chi connectivity index (χ3n) is 11.2. The molecule has 0 unspecified atom stereocenters. The van der Waals surface area contributed by atoms with Gasteiger partial charge < -0.3 is 37.9 Å². The van der Waals surface area contributed by atoms with Gasteiger partial charge in [-0.05, 0) is 98.7 Å². The molecule has 0 radical (unpaired) electrons. The van der Waals surface area contributed by atoms with Crippen LogP contribution in [0.1, 0.15) is 244 Å². The van der Waals surface area contributed by atoms with Gasteiger partial charge in [-0.15, -0.1) is 0 Å². The summed E-state index contributed by atoms with van der Waals surface area (Å²) in [4.78, 5) is 0. The van der Waals surface area contributed by atoms with Crippen LogP contribution in [-0.4, -0.2) is 72.0 Å². The van der Waals surface area contributed by atoms with Gasteiger partial charge in [0.25, 0.3) is 0 Å². The third-order valence-corrected chi connectivity index (χ3v) is 11.2. The molecule has 4 heterocycles. The lowest BCUT2D eigenvalue weighted by Crippen LogP contribution is -2.42. The molecule has 8 heteroatoms. The minimum absolute atomic E-state index is 0. The summed E-state index contributed by atoms with van der Waals surface area (Å²) in [5.41, 5.74) is 0.934. The first-order chi connectivity index (χ1) is 25.7. The van der Waals surface area contributed by atoms with Gasteiger partial charge in [0.05, 0.1) is 48.8 Å². The molecule has 0 aromatic heterocycles. The van der Waals surface area contributed by atoms with Crippen LogP contribution in [0.5, 0.6) is 0 Å². The Balaban J connectivity index is -0.000000750. The Morgan fingerprint density at radius 1 is 0.190 bits per heavy atom. The minimum Gasteiger partial charge on any atom is -0.344 e. The molecule has 4 aliphatic rings. The van der Waals surface area contributed by atoms with Gasteiger partial charge >= 0.3 is 0 Å². The summed E-state index contributed by atoms with van der Waals surface area (Å²) >= 11 is 0. The standard InChI is InChI=1S/4C13H26O2.3CH4/c4*1-11(2,3)9-10(12(4,5)6)15-13(7,8)14-9;;;/h4*9-10H,1-8H3;3*1H4/t2*9-,10+;2*9-,10-;;;/m..10.../s1. The largest absolute Gasteiger partial charge is 0.344 e. The maximum Gasteiger partial charge on any atom is 0.163 e. The van der Waals surface area contributed by atoms with Crippen molar-refractivity contribution in [2.45, 2.75) is 316 Å². The summed E-state index contributed by atoms with van der Waals surface area (Å²) in [6.45, 7) is 69.0. The first kappa shape index (κ1) is 67.0. The third kappa shape index (κ3) is 20.4. The summed E-state index contributed by atoms with van der Waals surface area (Å²) in [5.74, 6) is -1.79. The first-order valence-electron chi connectivity index (χ1n) is 23.2. The van der Waals surface area contributed by atoms with Crippen LogP contribution < -0.4 is 0 Å². The Hall–Kier alpha value is -0.320. The number of hydrogen-bond donors (Lipinski definition) is 0. The van der Waals surface area contributed by atoms with Crippen LogP contribution in [0, 0.1) is 43.3 Å². The highest BCUT2D eigenvalue weighted by atomic mass is 16.8. The van der Waals surface area contributed by atoms with Crippen LogP contribution >= 0.6 is 0 Å². The van der Waals surface area contributed by atoms with Gasteiger partial charge in [-0.25, -0.2) is 0 Å². The average Bonchev–Trinajstić information content (AvgIpc) is 3.67. The van der Waals surface area contributed by atoms with Crippen molar-refractivity contribution in [1.29, 1.82) is 0 Å². The fourth-order valence-corrected chi connectivity index (χ4v) is 8.10. The van der Waals surface area contributed by atoms with Gasteiger partial charge in [-0.3, -0.25) is 0 Å². The van der Waals surface area contributed by atoms with E-state index in [2.05, 4.69) is 166 Å². The lowest BCUT2D eigenvalue weighted by Gasteiger charge is -2.36. The van der Waals surface area contributed by atoms with Crippen molar-refractivity contribution < 1.29 is 37.9 Å². The van der Waals surface area contributed by atoms with Crippen LogP contribution in [0.4, 0.5) is 0 Å². The summed E-state index contributed by atoms with van der Waals surface area (Å²) in [7, 11) is 0. The second-order valence-electron chi connectivity index (χ2n) is 28.8. The molecule has 0 aromatic rings. The first-order valence-corrected chi connectivity index (χ1v) is 23.2. The molecule has 0 bridgehead atoms. The number of ether oxygens (including phenoxy) is 8. The Kier molecular flexibility index (Phi) is 22.5. The summed E-state index contributed by atoms with van der Waals surface area (Å²) < 4.78 is 48.2. The number of rotatable bonds is 0. The predicted molar refractivity (Wildman–Crippen MR) is 271 cm³/mol. The molecule has 4 rings (SSSR count). The van der Waals surface area contributed by atoms with Crippen molar-refractivity contribution in [2.75, 3.05) is 0 Å². The van der Waals surface area contributed by atoms with Gasteiger partial charge in [0.1, 0.15) is 0 Å². The van der Waals surface area contributed by atoms with Crippen molar-refractivity contribution in [2.24, 2.45) is 43.3 Å². The van der Waals surface area contributed by atoms with Crippen molar-refractivity contribution in [1.82, 2.24) is 0 Å². The molecule has 0 amide bonds. The second kappa shape index (κ2) is 21.1. The van der Waals surface area contributed by atoms with Crippen molar-refractivity contribution >= 4 is 0 Å². The zero-order chi connectivity index (χ0) is 48.3. The molecule has 4 saturated heterocycles. The molecular weight excluding hydrogens is 789 g/mol. The maximum atomic E-state index is 6.03. The smallest absolute Gasteiger partial charge is 0.163 e. The molecule has 4 fully saturated rings. The average molecular weight is 906 g/mol. The predicted octanol–water partition coefficient (Wildman–Crippen LogP) is 16.3. The van der Waals surface area contributed by atoms with Crippen LogP contribution in [0.2, 0.25) is 0 Å². The summed E-state index contributed by atoms with van der Waals surface area (Å²) in [6.07, 6.45) is 1.28. The van der Waals surface area contributed by atoms with Gasteiger partial charge in [0, 0.05) is 0 Å². The Morgan fingerprint density at radius 2 is 0.254 bits per heavy atom. The monoisotopic (exact) mass is 905 g/mol. The Morgan fingerprint density at radius 3 is 0.302 bits per heavy atom. The number of hydrogen-bond acceptors (Lipinski definition) is 8. The highest BCUT2D eigenvalue weighted by molar-refractivity contribution is 4.98. The van der Waals surface area contributed by atoms with E-state index in [1.807, 2.05) is 55.4 Å². The highest BCUT2D eigenvalue weighted by Crippen LogP contribution is 2.48. The van der Waals surface area contributed by atoms with E-state index in [4.69, 9.17) is 37.9 Å². The molecule has 8 atom stereocenters. The molecule has 0 saturated carbocycles. The summed E-state index contributed by atoms with van der Waals surface area (Å²) in [5, 5.41) is 0. The van der Waals surface area contributed by atoms with Crippen LogP contribution in [-0.2, 0) is 37.9 Å². The van der Waals surface area contributed by atoms with E-state index in [9.17, 15) is 0 Å². The van der Waals surface area contributed by atoms with E-state index >= 15 is 0 Å². The molecule has 0 spiro atoms. The highest BCUT2D eigenvalue weighted by Gasteiger charge is 2.54. The summed E-state index contributed by atoms with van der Waals surface area (Å²) in [6, 6.07) is 0. The van der Waals surface area contributed by atoms with Crippen molar-refractivity contribution in [3.8, 4) is 0 Å². The van der Waals surface area contributed by atoms with E-state index in [0.717, 1.165) is 0 Å². The Labute approximate surface area is 395 Å². The quantitative estimate of drug-likeness (QED) is 0.238. The lowest BCUT2D eigenvalue weighted by molar-refractivity contribution is -0.160. The zero-order valence-corrected chi connectivity index (χ0v) is 45.9. The maximum absolute atomic E-state index is 6.03. The lowest BCUT2D eigenvalue weighted by atomic mass is 9.76. The second-order valence-corrected chi connectivity index (χ2v) is 28.8. The van der Waals surface area contributed by atoms with Crippen LogP contribution in [0.15, 0.2) is 0 Å². The van der Waals surface area contributed by atoms with Gasteiger partial charge in [-0.1, -0.05) is 188 Å². The minimum atomic E-state index is -0.449. The van der Waals surface area contributed by atoms with E-state index in [1.165, 1.54) is 0 Å². The van der Waals surface area contributed by atoms with E-state index in [0.29, 0.717) is 0 Å². The molecule has 0 N–H and O–H groups in total. The Bertz CT molecular complexity index is 1030. The molecule has 0 aliphatic carbocycles. The van der Waals surface area contributed by atoms with Crippen molar-refractivity contribution in [3.05, 3.63) is 0 Å². The van der Waals surface area contributed by atoms with E-state index in [-0.39, 0.29) is 114 Å². The van der Waals surface area contributed by atoms with E-state index < -0.39 is 23.1 Å². The molecular formula is C55H116O8. The van der Waals surface area contributed by atoms with Gasteiger partial charge in [0.2, 0.25) is 0 Å². The molecule has 4 aliphatic heterocycles. The fourth-order valence-electron chi connectivity index (χ4n) is 8.10. The normalized spacial score (nSPS) is 30.5. The van der Waals surface area contributed by atoms with E-state index in [1.54, 1.807) is 0 Å². The van der Waals surface area contributed by atoms with Gasteiger partial charge in [0.15, 0.2) is 23.1 Å². The van der Waals surface area contributed by atoms with Crippen LogP contribution in [0.3, 0.4) is 0 Å². The van der Waals surface area contributed by atoms with Crippen LogP contribution in [0.25, 0.3) is 0 Å². The molecule has 384 valence electrons. The SMILES string of the molecule is C.C.C.CC1(C)O[C@@H](C(C)(C)C)[C@@H](C(C)(C)C)O1.CC1(C)O[C@@H](C(C)(C)C)[C@@H](C(C)(C)C)O1.CC1(C)O[C@@H](C(C)(C)C)[C@H](C(C)(C)C)O1.CC1(C)O[C@H](C(C)(C)C)[C@@H](C(C)(C)C)O1. The topological polar surface area (TPSA) is 73.8 Å².